The number of nitrogens with one attached hydrogen (secondary N) is 1. The van der Waals surface area contributed by atoms with Crippen molar-refractivity contribution in [2.45, 2.75) is 12.8 Å². The SMILES string of the molecule is C=CCCCNCCOCCN(C)C. The number of hydrogen-bond donors (Lipinski definition) is 1. The van der Waals surface area contributed by atoms with Gasteiger partial charge in [-0.2, -0.15) is 0 Å². The second-order valence-corrected chi connectivity index (χ2v) is 3.60. The number of ether oxygens (including phenoxy) is 1. The number of allylic oxidation sites excluding steroid dienone is 1. The maximum absolute atomic E-state index is 5.43. The number of hydrogen-bond acceptors (Lipinski definition) is 3. The van der Waals surface area contributed by atoms with Crippen LogP contribution >= 0.6 is 0 Å². The van der Waals surface area contributed by atoms with Crippen LogP contribution in [0.15, 0.2) is 12.7 Å². The number of rotatable bonds is 10. The van der Waals surface area contributed by atoms with E-state index in [4.69, 9.17) is 4.74 Å². The van der Waals surface area contributed by atoms with Crippen molar-refractivity contribution in [1.82, 2.24) is 10.2 Å². The Morgan fingerprint density at radius 1 is 1.29 bits per heavy atom. The van der Waals surface area contributed by atoms with Gasteiger partial charge < -0.3 is 15.0 Å². The zero-order valence-corrected chi connectivity index (χ0v) is 9.59. The third-order valence-corrected chi connectivity index (χ3v) is 1.87. The molecule has 0 amide bonds. The zero-order chi connectivity index (χ0) is 10.6. The summed E-state index contributed by atoms with van der Waals surface area (Å²) >= 11 is 0. The molecule has 0 heterocycles. The van der Waals surface area contributed by atoms with E-state index in [1.165, 1.54) is 6.42 Å². The van der Waals surface area contributed by atoms with E-state index in [1.807, 2.05) is 6.08 Å². The average Bonchev–Trinajstić information content (AvgIpc) is 2.15. The summed E-state index contributed by atoms with van der Waals surface area (Å²) in [5.41, 5.74) is 0. The molecule has 0 aliphatic rings. The fraction of sp³-hybridized carbons (Fsp3) is 0.818. The van der Waals surface area contributed by atoms with Gasteiger partial charge in [-0.05, 0) is 33.5 Å². The van der Waals surface area contributed by atoms with Crippen molar-refractivity contribution < 1.29 is 4.74 Å². The van der Waals surface area contributed by atoms with E-state index in [1.54, 1.807) is 0 Å². The lowest BCUT2D eigenvalue weighted by atomic mass is 10.3. The minimum absolute atomic E-state index is 0.807. The maximum Gasteiger partial charge on any atom is 0.0593 e. The van der Waals surface area contributed by atoms with Gasteiger partial charge in [-0.1, -0.05) is 6.08 Å². The van der Waals surface area contributed by atoms with Gasteiger partial charge in [-0.25, -0.2) is 0 Å². The molecule has 0 unspecified atom stereocenters. The van der Waals surface area contributed by atoms with E-state index >= 15 is 0 Å². The minimum atomic E-state index is 0.807. The third kappa shape index (κ3) is 11.6. The Labute approximate surface area is 88.1 Å². The van der Waals surface area contributed by atoms with Crippen LogP contribution in [0.2, 0.25) is 0 Å². The lowest BCUT2D eigenvalue weighted by Crippen LogP contribution is -2.23. The molecule has 0 bridgehead atoms. The van der Waals surface area contributed by atoms with Crippen LogP contribution in [0, 0.1) is 0 Å². The zero-order valence-electron chi connectivity index (χ0n) is 9.59. The van der Waals surface area contributed by atoms with E-state index < -0.39 is 0 Å². The second kappa shape index (κ2) is 10.7. The molecule has 0 saturated carbocycles. The molecule has 0 fully saturated rings. The van der Waals surface area contributed by atoms with Gasteiger partial charge in [-0.15, -0.1) is 6.58 Å². The quantitative estimate of drug-likeness (QED) is 0.422. The molecule has 0 aromatic rings. The molecule has 0 rings (SSSR count). The molecule has 0 atom stereocenters. The van der Waals surface area contributed by atoms with Crippen LogP contribution in [-0.2, 0) is 4.74 Å². The second-order valence-electron chi connectivity index (χ2n) is 3.60. The molecular formula is C11H24N2O. The van der Waals surface area contributed by atoms with Crippen LogP contribution in [0.3, 0.4) is 0 Å². The van der Waals surface area contributed by atoms with Gasteiger partial charge in [0.1, 0.15) is 0 Å². The lowest BCUT2D eigenvalue weighted by molar-refractivity contribution is 0.119. The highest BCUT2D eigenvalue weighted by Gasteiger charge is 1.90. The Hall–Kier alpha value is -0.380. The largest absolute Gasteiger partial charge is 0.379 e. The van der Waals surface area contributed by atoms with Gasteiger partial charge in [0.15, 0.2) is 0 Å². The Morgan fingerprint density at radius 3 is 2.71 bits per heavy atom. The topological polar surface area (TPSA) is 24.5 Å². The minimum Gasteiger partial charge on any atom is -0.379 e. The van der Waals surface area contributed by atoms with Crippen LogP contribution in [0.1, 0.15) is 12.8 Å². The molecule has 0 saturated heterocycles. The fourth-order valence-electron chi connectivity index (χ4n) is 0.990. The normalized spacial score (nSPS) is 10.8. The van der Waals surface area contributed by atoms with Gasteiger partial charge in [0.2, 0.25) is 0 Å². The smallest absolute Gasteiger partial charge is 0.0593 e. The Bertz CT molecular complexity index is 126. The first kappa shape index (κ1) is 13.6. The molecule has 14 heavy (non-hydrogen) atoms. The number of nitrogens with zero attached hydrogens (tertiary/aromatic N) is 1. The first-order chi connectivity index (χ1) is 6.77. The monoisotopic (exact) mass is 200 g/mol. The highest BCUT2D eigenvalue weighted by molar-refractivity contribution is 4.66. The van der Waals surface area contributed by atoms with Crippen molar-refractivity contribution in [3.05, 3.63) is 12.7 Å². The van der Waals surface area contributed by atoms with Crippen molar-refractivity contribution in [3.63, 3.8) is 0 Å². The summed E-state index contributed by atoms with van der Waals surface area (Å²) in [6.07, 6.45) is 4.21. The lowest BCUT2D eigenvalue weighted by Gasteiger charge is -2.10. The van der Waals surface area contributed by atoms with E-state index in [0.29, 0.717) is 0 Å². The number of likely N-dealkylation sites (N-methyl/N-ethyl adjacent to an activating group) is 1. The van der Waals surface area contributed by atoms with Gasteiger partial charge in [0.25, 0.3) is 0 Å². The van der Waals surface area contributed by atoms with Crippen molar-refractivity contribution >= 4 is 0 Å². The Kier molecular flexibility index (Phi) is 10.4. The first-order valence-corrected chi connectivity index (χ1v) is 5.31. The summed E-state index contributed by atoms with van der Waals surface area (Å²) in [7, 11) is 4.10. The Morgan fingerprint density at radius 2 is 2.07 bits per heavy atom. The molecule has 3 heteroatoms. The standard InChI is InChI=1S/C11H24N2O/c1-4-5-6-7-12-8-10-14-11-9-13(2)3/h4,12H,1,5-11H2,2-3H3. The Balaban J connectivity index is 2.88. The molecular weight excluding hydrogens is 176 g/mol. The van der Waals surface area contributed by atoms with Crippen LogP contribution in [-0.4, -0.2) is 51.8 Å². The highest BCUT2D eigenvalue weighted by Crippen LogP contribution is 1.85. The van der Waals surface area contributed by atoms with Gasteiger partial charge in [0, 0.05) is 13.1 Å². The summed E-state index contributed by atoms with van der Waals surface area (Å²) in [6.45, 7) is 8.31. The predicted octanol–water partition coefficient (Wildman–Crippen LogP) is 1.12. The van der Waals surface area contributed by atoms with Crippen LogP contribution in [0.4, 0.5) is 0 Å². The summed E-state index contributed by atoms with van der Waals surface area (Å²) in [5.74, 6) is 0. The molecule has 0 aromatic carbocycles. The van der Waals surface area contributed by atoms with E-state index in [0.717, 1.165) is 39.3 Å². The maximum atomic E-state index is 5.43. The summed E-state index contributed by atoms with van der Waals surface area (Å²) in [5, 5.41) is 3.32. The molecule has 84 valence electrons. The highest BCUT2D eigenvalue weighted by atomic mass is 16.5. The summed E-state index contributed by atoms with van der Waals surface area (Å²) < 4.78 is 5.43. The van der Waals surface area contributed by atoms with Crippen molar-refractivity contribution in [3.8, 4) is 0 Å². The van der Waals surface area contributed by atoms with Gasteiger partial charge >= 0.3 is 0 Å². The summed E-state index contributed by atoms with van der Waals surface area (Å²) in [6, 6.07) is 0. The van der Waals surface area contributed by atoms with E-state index in [-0.39, 0.29) is 0 Å². The molecule has 3 nitrogen and oxygen atoms in total. The van der Waals surface area contributed by atoms with Gasteiger partial charge in [-0.3, -0.25) is 0 Å². The van der Waals surface area contributed by atoms with Crippen molar-refractivity contribution in [2.24, 2.45) is 0 Å². The molecule has 0 aliphatic heterocycles. The van der Waals surface area contributed by atoms with Crippen molar-refractivity contribution in [2.75, 3.05) is 46.9 Å². The van der Waals surface area contributed by atoms with Crippen LogP contribution < -0.4 is 5.32 Å². The van der Waals surface area contributed by atoms with Crippen LogP contribution in [0.25, 0.3) is 0 Å². The first-order valence-electron chi connectivity index (χ1n) is 5.31. The van der Waals surface area contributed by atoms with E-state index in [9.17, 15) is 0 Å². The molecule has 0 aliphatic carbocycles. The molecule has 1 N–H and O–H groups in total. The van der Waals surface area contributed by atoms with Gasteiger partial charge in [0.05, 0.1) is 13.2 Å². The fourth-order valence-corrected chi connectivity index (χ4v) is 0.990. The van der Waals surface area contributed by atoms with E-state index in [2.05, 4.69) is 30.9 Å². The molecule has 0 radical (unpaired) electrons. The number of unbranched alkanes of at least 4 members (excludes halogenated alkanes) is 1. The molecule has 0 aromatic heterocycles. The summed E-state index contributed by atoms with van der Waals surface area (Å²) in [4.78, 5) is 2.12. The van der Waals surface area contributed by atoms with Crippen molar-refractivity contribution in [1.29, 1.82) is 0 Å². The third-order valence-electron chi connectivity index (χ3n) is 1.87. The molecule has 0 spiro atoms. The average molecular weight is 200 g/mol. The predicted molar refractivity (Wildman–Crippen MR) is 61.7 cm³/mol. The van der Waals surface area contributed by atoms with Crippen LogP contribution in [0.5, 0.6) is 0 Å².